The van der Waals surface area contributed by atoms with Crippen molar-refractivity contribution < 1.29 is 17.9 Å². The normalized spacial score (nSPS) is 13.7. The number of benzene rings is 1. The van der Waals surface area contributed by atoms with Gasteiger partial charge in [-0.3, -0.25) is 11.3 Å². The molecular formula is C9H11F3N2O. The highest BCUT2D eigenvalue weighted by atomic mass is 19.4. The topological polar surface area (TPSA) is 47.3 Å². The summed E-state index contributed by atoms with van der Waals surface area (Å²) >= 11 is 0. The maximum absolute atomic E-state index is 11.8. The predicted molar refractivity (Wildman–Crippen MR) is 48.9 cm³/mol. The molecule has 0 aliphatic rings. The fraction of sp³-hybridized carbons (Fsp3) is 0.333. The molecule has 3 nitrogen and oxygen atoms in total. The average Bonchev–Trinajstić information content (AvgIpc) is 2.15. The van der Waals surface area contributed by atoms with E-state index in [0.717, 1.165) is 5.56 Å². The minimum absolute atomic E-state index is 0.120. The fourth-order valence-electron chi connectivity index (χ4n) is 1.05. The van der Waals surface area contributed by atoms with Gasteiger partial charge in [-0.05, 0) is 24.6 Å². The third-order valence-corrected chi connectivity index (χ3v) is 1.86. The summed E-state index contributed by atoms with van der Waals surface area (Å²) in [5.74, 6) is 4.94. The smallest absolute Gasteiger partial charge is 0.406 e. The van der Waals surface area contributed by atoms with Gasteiger partial charge in [-0.25, -0.2) is 0 Å². The fourth-order valence-corrected chi connectivity index (χ4v) is 1.05. The Morgan fingerprint density at radius 3 is 2.20 bits per heavy atom. The van der Waals surface area contributed by atoms with Crippen molar-refractivity contribution in [2.45, 2.75) is 19.3 Å². The lowest BCUT2D eigenvalue weighted by Gasteiger charge is -2.12. The minimum Gasteiger partial charge on any atom is -0.406 e. The molecule has 0 bridgehead atoms. The Morgan fingerprint density at radius 1 is 1.27 bits per heavy atom. The molecule has 84 valence electrons. The molecule has 15 heavy (non-hydrogen) atoms. The lowest BCUT2D eigenvalue weighted by molar-refractivity contribution is -0.274. The molecular weight excluding hydrogens is 209 g/mol. The molecule has 0 radical (unpaired) electrons. The van der Waals surface area contributed by atoms with Crippen molar-refractivity contribution in [1.82, 2.24) is 5.43 Å². The summed E-state index contributed by atoms with van der Waals surface area (Å²) in [6.07, 6.45) is -4.65. The summed E-state index contributed by atoms with van der Waals surface area (Å²) < 4.78 is 39.2. The second-order valence-electron chi connectivity index (χ2n) is 3.01. The Kier molecular flexibility index (Phi) is 3.54. The van der Waals surface area contributed by atoms with Crippen LogP contribution < -0.4 is 16.0 Å². The number of rotatable bonds is 3. The van der Waals surface area contributed by atoms with E-state index >= 15 is 0 Å². The summed E-state index contributed by atoms with van der Waals surface area (Å²) in [6.45, 7) is 1.79. The first-order chi connectivity index (χ1) is 6.92. The molecule has 1 aromatic carbocycles. The van der Waals surface area contributed by atoms with Gasteiger partial charge in [-0.1, -0.05) is 12.1 Å². The van der Waals surface area contributed by atoms with Crippen molar-refractivity contribution in [3.8, 4) is 5.75 Å². The molecule has 0 fully saturated rings. The minimum atomic E-state index is -4.65. The number of ether oxygens (including phenoxy) is 1. The molecule has 1 aromatic rings. The number of alkyl halides is 3. The Morgan fingerprint density at radius 2 is 1.80 bits per heavy atom. The van der Waals surface area contributed by atoms with Crippen LogP contribution in [0.3, 0.4) is 0 Å². The van der Waals surface area contributed by atoms with Crippen LogP contribution in [0.5, 0.6) is 5.75 Å². The van der Waals surface area contributed by atoms with Crippen LogP contribution >= 0.6 is 0 Å². The quantitative estimate of drug-likeness (QED) is 0.605. The maximum Gasteiger partial charge on any atom is 0.573 e. The molecule has 6 heteroatoms. The second kappa shape index (κ2) is 4.50. The zero-order valence-electron chi connectivity index (χ0n) is 8.01. The molecule has 0 spiro atoms. The highest BCUT2D eigenvalue weighted by Gasteiger charge is 2.30. The lowest BCUT2D eigenvalue weighted by atomic mass is 10.1. The van der Waals surface area contributed by atoms with Gasteiger partial charge < -0.3 is 4.74 Å². The molecule has 1 rings (SSSR count). The van der Waals surface area contributed by atoms with E-state index in [-0.39, 0.29) is 11.8 Å². The molecule has 0 aromatic heterocycles. The first-order valence-corrected chi connectivity index (χ1v) is 4.24. The first-order valence-electron chi connectivity index (χ1n) is 4.24. The van der Waals surface area contributed by atoms with Gasteiger partial charge in [0.25, 0.3) is 0 Å². The van der Waals surface area contributed by atoms with Gasteiger partial charge in [0.15, 0.2) is 0 Å². The number of halogens is 3. The second-order valence-corrected chi connectivity index (χ2v) is 3.01. The largest absolute Gasteiger partial charge is 0.573 e. The van der Waals surface area contributed by atoms with Gasteiger partial charge in [0.1, 0.15) is 5.75 Å². The third-order valence-electron chi connectivity index (χ3n) is 1.86. The summed E-state index contributed by atoms with van der Waals surface area (Å²) in [6, 6.07) is 5.41. The van der Waals surface area contributed by atoms with E-state index in [0.29, 0.717) is 0 Å². The molecule has 0 aliphatic carbocycles. The van der Waals surface area contributed by atoms with E-state index in [2.05, 4.69) is 10.2 Å². The summed E-state index contributed by atoms with van der Waals surface area (Å²) in [5, 5.41) is 0. The third kappa shape index (κ3) is 3.77. The summed E-state index contributed by atoms with van der Waals surface area (Å²) in [7, 11) is 0. The van der Waals surface area contributed by atoms with Crippen molar-refractivity contribution in [3.05, 3.63) is 29.8 Å². The van der Waals surface area contributed by atoms with Crippen molar-refractivity contribution in [2.75, 3.05) is 0 Å². The van der Waals surface area contributed by atoms with Gasteiger partial charge in [0, 0.05) is 6.04 Å². The van der Waals surface area contributed by atoms with E-state index < -0.39 is 6.36 Å². The van der Waals surface area contributed by atoms with Crippen molar-refractivity contribution in [1.29, 1.82) is 0 Å². The highest BCUT2D eigenvalue weighted by Crippen LogP contribution is 2.23. The van der Waals surface area contributed by atoms with Crippen LogP contribution in [0, 0.1) is 0 Å². The van der Waals surface area contributed by atoms with Gasteiger partial charge in [0.2, 0.25) is 0 Å². The average molecular weight is 220 g/mol. The van der Waals surface area contributed by atoms with Crippen LogP contribution in [0.25, 0.3) is 0 Å². The number of hydrazine groups is 1. The molecule has 0 saturated carbocycles. The lowest BCUT2D eigenvalue weighted by Crippen LogP contribution is -2.25. The summed E-state index contributed by atoms with van der Waals surface area (Å²) in [4.78, 5) is 0. The van der Waals surface area contributed by atoms with Gasteiger partial charge >= 0.3 is 6.36 Å². The van der Waals surface area contributed by atoms with Gasteiger partial charge in [-0.15, -0.1) is 13.2 Å². The monoisotopic (exact) mass is 220 g/mol. The standard InChI is InChI=1S/C9H11F3N2O/c1-6(14-13)7-2-4-8(5-3-7)15-9(10,11)12/h2-6,14H,13H2,1H3. The zero-order chi connectivity index (χ0) is 11.5. The van der Waals surface area contributed by atoms with Gasteiger partial charge in [-0.2, -0.15) is 0 Å². The summed E-state index contributed by atoms with van der Waals surface area (Å²) in [5.41, 5.74) is 3.27. The van der Waals surface area contributed by atoms with E-state index in [4.69, 9.17) is 5.84 Å². The SMILES string of the molecule is CC(NN)c1ccc(OC(F)(F)F)cc1. The van der Waals surface area contributed by atoms with E-state index in [1.165, 1.54) is 24.3 Å². The van der Waals surface area contributed by atoms with E-state index in [1.54, 1.807) is 6.92 Å². The van der Waals surface area contributed by atoms with Crippen molar-refractivity contribution >= 4 is 0 Å². The van der Waals surface area contributed by atoms with E-state index in [1.807, 2.05) is 0 Å². The van der Waals surface area contributed by atoms with Crippen molar-refractivity contribution in [2.24, 2.45) is 5.84 Å². The van der Waals surface area contributed by atoms with Gasteiger partial charge in [0.05, 0.1) is 0 Å². The number of nitrogens with two attached hydrogens (primary N) is 1. The Hall–Kier alpha value is -1.27. The van der Waals surface area contributed by atoms with E-state index in [9.17, 15) is 13.2 Å². The molecule has 0 heterocycles. The van der Waals surface area contributed by atoms with Crippen LogP contribution in [-0.2, 0) is 0 Å². The van der Waals surface area contributed by atoms with Crippen LogP contribution in [0.4, 0.5) is 13.2 Å². The van der Waals surface area contributed by atoms with Crippen LogP contribution in [0.1, 0.15) is 18.5 Å². The molecule has 1 atom stereocenters. The Balaban J connectivity index is 2.72. The number of hydrogen-bond acceptors (Lipinski definition) is 3. The predicted octanol–water partition coefficient (Wildman–Crippen LogP) is 2.11. The first kappa shape index (κ1) is 11.8. The Labute approximate surface area is 85.0 Å². The maximum atomic E-state index is 11.8. The zero-order valence-corrected chi connectivity index (χ0v) is 8.01. The molecule has 0 amide bonds. The van der Waals surface area contributed by atoms with Crippen LogP contribution in [0.2, 0.25) is 0 Å². The van der Waals surface area contributed by atoms with Crippen molar-refractivity contribution in [3.63, 3.8) is 0 Å². The highest BCUT2D eigenvalue weighted by molar-refractivity contribution is 5.28. The molecule has 0 saturated heterocycles. The number of hydrogen-bond donors (Lipinski definition) is 2. The number of nitrogens with one attached hydrogen (secondary N) is 1. The molecule has 0 aliphatic heterocycles. The molecule has 1 unspecified atom stereocenters. The van der Waals surface area contributed by atoms with Crippen LogP contribution in [0.15, 0.2) is 24.3 Å². The molecule has 3 N–H and O–H groups in total. The van der Waals surface area contributed by atoms with Crippen LogP contribution in [-0.4, -0.2) is 6.36 Å². The Bertz CT molecular complexity index is 310.